The third kappa shape index (κ3) is 3.50. The Morgan fingerprint density at radius 2 is 1.19 bits per heavy atom. The Kier molecular flexibility index (Phi) is 4.62. The van der Waals surface area contributed by atoms with Gasteiger partial charge >= 0.3 is 6.18 Å². The molecule has 3 nitrogen and oxygen atoms in total. The molecule has 0 radical (unpaired) electrons. The van der Waals surface area contributed by atoms with Gasteiger partial charge in [-0.15, -0.1) is 0 Å². The van der Waals surface area contributed by atoms with E-state index in [1.54, 1.807) is 0 Å². The summed E-state index contributed by atoms with van der Waals surface area (Å²) in [7, 11) is 0. The molecule has 1 aliphatic heterocycles. The second kappa shape index (κ2) is 7.47. The first-order valence-electron chi connectivity index (χ1n) is 9.85. The number of pyridine rings is 1. The molecule has 4 aromatic rings. The zero-order chi connectivity index (χ0) is 21.4. The maximum absolute atomic E-state index is 13.8. The van der Waals surface area contributed by atoms with E-state index >= 15 is 0 Å². The average molecular weight is 417 g/mol. The molecule has 1 aromatic heterocycles. The summed E-state index contributed by atoms with van der Waals surface area (Å²) in [5.41, 5.74) is 2.65. The first-order valence-corrected chi connectivity index (χ1v) is 9.85. The lowest BCUT2D eigenvalue weighted by molar-refractivity contribution is -0.141. The van der Waals surface area contributed by atoms with Crippen LogP contribution in [-0.4, -0.2) is 11.7 Å². The Morgan fingerprint density at radius 1 is 0.677 bits per heavy atom. The van der Waals surface area contributed by atoms with Gasteiger partial charge in [0.05, 0.1) is 5.69 Å². The van der Waals surface area contributed by atoms with Crippen molar-refractivity contribution in [1.29, 1.82) is 0 Å². The van der Waals surface area contributed by atoms with Crippen LogP contribution in [0.2, 0.25) is 0 Å². The van der Waals surface area contributed by atoms with Gasteiger partial charge in [-0.1, -0.05) is 66.7 Å². The van der Waals surface area contributed by atoms with Crippen LogP contribution >= 0.6 is 0 Å². The molecule has 0 N–H and O–H groups in total. The summed E-state index contributed by atoms with van der Waals surface area (Å²) in [6.07, 6.45) is -4.55. The van der Waals surface area contributed by atoms with Crippen molar-refractivity contribution in [1.82, 2.24) is 4.98 Å². The normalized spacial score (nSPS) is 13.4. The second-order valence-corrected chi connectivity index (χ2v) is 7.26. The van der Waals surface area contributed by atoms with E-state index in [0.717, 1.165) is 17.4 Å². The number of benzene rings is 3. The summed E-state index contributed by atoms with van der Waals surface area (Å²) in [6, 6.07) is 29.3. The standard InChI is InChI=1S/C25H18F3N3/c26-25(27,28)22-16-21(18-10-4-1-5-11-18)23-24(29-22)31(20-14-8-3-9-15-20)17-30(23)19-12-6-2-7-13-19/h1-16H,17H2. The second-order valence-electron chi connectivity index (χ2n) is 7.26. The van der Waals surface area contributed by atoms with Crippen molar-refractivity contribution in [3.05, 3.63) is 103 Å². The topological polar surface area (TPSA) is 19.4 Å². The van der Waals surface area contributed by atoms with Crippen molar-refractivity contribution in [3.63, 3.8) is 0 Å². The van der Waals surface area contributed by atoms with Gasteiger partial charge in [0.1, 0.15) is 12.4 Å². The van der Waals surface area contributed by atoms with E-state index in [2.05, 4.69) is 4.98 Å². The summed E-state index contributed by atoms with van der Waals surface area (Å²) in [4.78, 5) is 7.94. The largest absolute Gasteiger partial charge is 0.433 e. The maximum Gasteiger partial charge on any atom is 0.433 e. The minimum absolute atomic E-state index is 0.295. The summed E-state index contributed by atoms with van der Waals surface area (Å²) in [5, 5.41) is 0. The van der Waals surface area contributed by atoms with Gasteiger partial charge in [-0.2, -0.15) is 13.2 Å². The van der Waals surface area contributed by atoms with E-state index in [4.69, 9.17) is 0 Å². The van der Waals surface area contributed by atoms with Crippen molar-refractivity contribution in [2.75, 3.05) is 16.5 Å². The first-order chi connectivity index (χ1) is 15.0. The Bertz CT molecular complexity index is 1190. The number of anilines is 4. The summed E-state index contributed by atoms with van der Waals surface area (Å²) in [5.74, 6) is 0.295. The predicted octanol–water partition coefficient (Wildman–Crippen LogP) is 7.01. The smallest absolute Gasteiger partial charge is 0.319 e. The fourth-order valence-corrected chi connectivity index (χ4v) is 3.87. The third-order valence-corrected chi connectivity index (χ3v) is 5.29. The van der Waals surface area contributed by atoms with Crippen LogP contribution in [0.3, 0.4) is 0 Å². The number of hydrogen-bond acceptors (Lipinski definition) is 3. The average Bonchev–Trinajstić information content (AvgIpc) is 3.19. The summed E-state index contributed by atoms with van der Waals surface area (Å²) >= 11 is 0. The van der Waals surface area contributed by atoms with E-state index in [1.165, 1.54) is 0 Å². The van der Waals surface area contributed by atoms with Gasteiger partial charge in [-0.3, -0.25) is 0 Å². The van der Waals surface area contributed by atoms with Crippen molar-refractivity contribution in [2.45, 2.75) is 6.18 Å². The molecule has 0 atom stereocenters. The highest BCUT2D eigenvalue weighted by molar-refractivity contribution is 5.95. The molecule has 31 heavy (non-hydrogen) atoms. The highest BCUT2D eigenvalue weighted by atomic mass is 19.4. The lowest BCUT2D eigenvalue weighted by Crippen LogP contribution is -2.24. The number of hydrogen-bond donors (Lipinski definition) is 0. The maximum atomic E-state index is 13.8. The van der Waals surface area contributed by atoms with Gasteiger partial charge in [0.15, 0.2) is 5.82 Å². The van der Waals surface area contributed by atoms with Crippen LogP contribution in [0.15, 0.2) is 97.1 Å². The molecule has 3 aromatic carbocycles. The minimum atomic E-state index is -4.55. The van der Waals surface area contributed by atoms with Crippen LogP contribution < -0.4 is 9.80 Å². The zero-order valence-electron chi connectivity index (χ0n) is 16.4. The van der Waals surface area contributed by atoms with E-state index in [9.17, 15) is 13.2 Å². The fraction of sp³-hybridized carbons (Fsp3) is 0.0800. The molecular weight excluding hydrogens is 399 g/mol. The van der Waals surface area contributed by atoms with Crippen LogP contribution in [-0.2, 0) is 6.18 Å². The molecule has 6 heteroatoms. The Morgan fingerprint density at radius 3 is 1.74 bits per heavy atom. The van der Waals surface area contributed by atoms with Gasteiger partial charge in [-0.25, -0.2) is 4.98 Å². The molecule has 0 unspecified atom stereocenters. The van der Waals surface area contributed by atoms with Crippen molar-refractivity contribution < 1.29 is 13.2 Å². The van der Waals surface area contributed by atoms with E-state index in [-0.39, 0.29) is 0 Å². The molecule has 0 bridgehead atoms. The van der Waals surface area contributed by atoms with Gasteiger partial charge in [-0.05, 0) is 35.9 Å². The molecular formula is C25H18F3N3. The van der Waals surface area contributed by atoms with Crippen LogP contribution in [0.25, 0.3) is 11.1 Å². The molecule has 0 spiro atoms. The van der Waals surface area contributed by atoms with Crippen molar-refractivity contribution in [3.8, 4) is 11.1 Å². The fourth-order valence-electron chi connectivity index (χ4n) is 3.87. The zero-order valence-corrected chi connectivity index (χ0v) is 16.4. The number of nitrogens with zero attached hydrogens (tertiary/aromatic N) is 3. The summed E-state index contributed by atoms with van der Waals surface area (Å²) < 4.78 is 41.4. The number of alkyl halides is 3. The number of para-hydroxylation sites is 2. The van der Waals surface area contributed by atoms with E-state index in [0.29, 0.717) is 29.3 Å². The van der Waals surface area contributed by atoms with Gasteiger partial charge in [0, 0.05) is 16.9 Å². The lowest BCUT2D eigenvalue weighted by atomic mass is 10.0. The SMILES string of the molecule is FC(F)(F)c1cc(-c2ccccc2)c2c(n1)N(c1ccccc1)CN2c1ccccc1. The molecule has 0 amide bonds. The first kappa shape index (κ1) is 19.2. The molecule has 0 saturated carbocycles. The van der Waals surface area contributed by atoms with Gasteiger partial charge < -0.3 is 9.80 Å². The van der Waals surface area contributed by atoms with Crippen LogP contribution in [0.1, 0.15) is 5.69 Å². The molecule has 2 heterocycles. The van der Waals surface area contributed by atoms with Gasteiger partial charge in [0.2, 0.25) is 0 Å². The molecule has 0 fully saturated rings. The summed E-state index contributed by atoms with van der Waals surface area (Å²) in [6.45, 7) is 0.359. The number of aromatic nitrogens is 1. The predicted molar refractivity (Wildman–Crippen MR) is 117 cm³/mol. The highest BCUT2D eigenvalue weighted by Crippen LogP contribution is 2.49. The number of halogens is 3. The monoisotopic (exact) mass is 417 g/mol. The number of fused-ring (bicyclic) bond motifs is 1. The molecule has 1 aliphatic rings. The Hall–Kier alpha value is -3.80. The van der Waals surface area contributed by atoms with Crippen LogP contribution in [0.5, 0.6) is 0 Å². The molecule has 0 aliphatic carbocycles. The van der Waals surface area contributed by atoms with Crippen molar-refractivity contribution in [2.24, 2.45) is 0 Å². The Balaban J connectivity index is 1.80. The van der Waals surface area contributed by atoms with Gasteiger partial charge in [0.25, 0.3) is 0 Å². The lowest BCUT2D eigenvalue weighted by Gasteiger charge is -2.22. The molecule has 154 valence electrons. The molecule has 5 rings (SSSR count). The Labute approximate surface area is 178 Å². The van der Waals surface area contributed by atoms with Crippen molar-refractivity contribution >= 4 is 22.9 Å². The quantitative estimate of drug-likeness (QED) is 0.357. The van der Waals surface area contributed by atoms with E-state index in [1.807, 2.05) is 101 Å². The number of rotatable bonds is 3. The third-order valence-electron chi connectivity index (χ3n) is 5.29. The highest BCUT2D eigenvalue weighted by Gasteiger charge is 2.39. The van der Waals surface area contributed by atoms with Crippen LogP contribution in [0, 0.1) is 0 Å². The molecule has 0 saturated heterocycles. The van der Waals surface area contributed by atoms with Crippen LogP contribution in [0.4, 0.5) is 36.1 Å². The van der Waals surface area contributed by atoms with E-state index < -0.39 is 11.9 Å². The minimum Gasteiger partial charge on any atom is -0.319 e.